The van der Waals surface area contributed by atoms with Crippen LogP contribution < -0.4 is 5.32 Å². The Bertz CT molecular complexity index is 266. The zero-order valence-electron chi connectivity index (χ0n) is 12.7. The third kappa shape index (κ3) is 8.69. The van der Waals surface area contributed by atoms with Crippen molar-refractivity contribution in [2.75, 3.05) is 33.2 Å². The van der Waals surface area contributed by atoms with Crippen LogP contribution in [0.2, 0.25) is 0 Å². The van der Waals surface area contributed by atoms with Crippen molar-refractivity contribution in [1.29, 1.82) is 0 Å². The smallest absolute Gasteiger partial charge is 0.293 e. The molecule has 1 fully saturated rings. The van der Waals surface area contributed by atoms with Crippen molar-refractivity contribution in [3.63, 3.8) is 0 Å². The molecule has 1 aliphatic rings. The summed E-state index contributed by atoms with van der Waals surface area (Å²) in [4.78, 5) is 19.9. The summed E-state index contributed by atoms with van der Waals surface area (Å²) in [6.45, 7) is 11.6. The zero-order valence-corrected chi connectivity index (χ0v) is 12.7. The summed E-state index contributed by atoms with van der Waals surface area (Å²) < 4.78 is 4.55. The fraction of sp³-hybridized carbons (Fsp3) is 0.846. The van der Waals surface area contributed by atoms with Gasteiger partial charge in [-0.25, -0.2) is 10.0 Å². The van der Waals surface area contributed by atoms with E-state index in [0.717, 1.165) is 25.9 Å². The molecule has 0 bridgehead atoms. The number of likely N-dealkylation sites (N-methyl/N-ethyl adjacent to an activating group) is 1. The molecule has 0 aliphatic carbocycles. The molecule has 0 spiro atoms. The second-order valence-electron chi connectivity index (χ2n) is 5.55. The number of hydrazine groups is 1. The molecule has 19 heavy (non-hydrogen) atoms. The second-order valence-corrected chi connectivity index (χ2v) is 5.55. The average Bonchev–Trinajstić information content (AvgIpc) is 2.29. The number of carbonyl (C=O) groups excluding carboxylic acids is 2. The highest BCUT2D eigenvalue weighted by molar-refractivity contribution is 5.51. The lowest BCUT2D eigenvalue weighted by molar-refractivity contribution is -0.138. The van der Waals surface area contributed by atoms with E-state index in [4.69, 9.17) is 0 Å². The molecule has 0 amide bonds. The van der Waals surface area contributed by atoms with Gasteiger partial charge in [0.1, 0.15) is 11.9 Å². The maximum Gasteiger partial charge on any atom is 0.293 e. The van der Waals surface area contributed by atoms with E-state index in [1.165, 1.54) is 0 Å². The zero-order chi connectivity index (χ0) is 14.9. The average molecular weight is 273 g/mol. The van der Waals surface area contributed by atoms with Gasteiger partial charge in [-0.2, -0.15) is 0 Å². The molecule has 0 aromatic rings. The Morgan fingerprint density at radius 1 is 1.42 bits per heavy atom. The van der Waals surface area contributed by atoms with Gasteiger partial charge in [0, 0.05) is 32.7 Å². The molecular weight excluding hydrogens is 246 g/mol. The Morgan fingerprint density at radius 2 is 2.05 bits per heavy atom. The predicted octanol–water partition coefficient (Wildman–Crippen LogP) is 0.284. The summed E-state index contributed by atoms with van der Waals surface area (Å²) in [5.41, 5.74) is -0.318. The molecule has 1 N–H and O–H groups in total. The molecule has 6 heteroatoms. The van der Waals surface area contributed by atoms with Crippen molar-refractivity contribution in [2.24, 2.45) is 0 Å². The van der Waals surface area contributed by atoms with Crippen LogP contribution in [0.4, 0.5) is 0 Å². The van der Waals surface area contributed by atoms with Gasteiger partial charge in [-0.3, -0.25) is 4.79 Å². The molecule has 0 aromatic carbocycles. The molecule has 0 radical (unpaired) electrons. The number of nitrogens with one attached hydrogen (secondary N) is 1. The fourth-order valence-electron chi connectivity index (χ4n) is 1.69. The van der Waals surface area contributed by atoms with Crippen molar-refractivity contribution < 1.29 is 14.3 Å². The van der Waals surface area contributed by atoms with E-state index in [-0.39, 0.29) is 5.60 Å². The molecular formula is C13H27N3O3. The highest BCUT2D eigenvalue weighted by Gasteiger charge is 2.20. The van der Waals surface area contributed by atoms with Gasteiger partial charge in [0.25, 0.3) is 6.47 Å². The number of rotatable bonds is 4. The van der Waals surface area contributed by atoms with Crippen LogP contribution in [-0.2, 0) is 14.3 Å². The minimum absolute atomic E-state index is 0.318. The number of nitrogens with zero attached hydrogens (tertiary/aromatic N) is 2. The summed E-state index contributed by atoms with van der Waals surface area (Å²) in [7, 11) is 1.95. The third-order valence-electron chi connectivity index (χ3n) is 2.65. The van der Waals surface area contributed by atoms with Gasteiger partial charge in [0.05, 0.1) is 6.54 Å². The molecule has 0 unspecified atom stereocenters. The van der Waals surface area contributed by atoms with Crippen LogP contribution in [0.5, 0.6) is 0 Å². The van der Waals surface area contributed by atoms with E-state index >= 15 is 0 Å². The minimum Gasteiger partial charge on any atom is -0.462 e. The van der Waals surface area contributed by atoms with Crippen LogP contribution in [0, 0.1) is 0 Å². The normalized spacial score (nSPS) is 20.4. The summed E-state index contributed by atoms with van der Waals surface area (Å²) >= 11 is 0. The number of aldehydes is 1. The van der Waals surface area contributed by atoms with Crippen molar-refractivity contribution in [3.05, 3.63) is 0 Å². The van der Waals surface area contributed by atoms with E-state index in [1.807, 2.05) is 32.8 Å². The first-order valence-corrected chi connectivity index (χ1v) is 6.55. The number of hydrogen-bond donors (Lipinski definition) is 1. The third-order valence-corrected chi connectivity index (χ3v) is 2.65. The van der Waals surface area contributed by atoms with Crippen LogP contribution in [-0.4, -0.2) is 67.6 Å². The lowest BCUT2D eigenvalue weighted by Gasteiger charge is -2.39. The number of ether oxygens (including phenoxy) is 1. The molecule has 112 valence electrons. The first-order chi connectivity index (χ1) is 8.81. The molecule has 1 aliphatic heterocycles. The van der Waals surface area contributed by atoms with Crippen molar-refractivity contribution in [2.45, 2.75) is 39.3 Å². The van der Waals surface area contributed by atoms with Crippen LogP contribution in [0.25, 0.3) is 0 Å². The first kappa shape index (κ1) is 18.0. The van der Waals surface area contributed by atoms with Crippen LogP contribution in [0.1, 0.15) is 27.7 Å². The van der Waals surface area contributed by atoms with Crippen molar-refractivity contribution in [1.82, 2.24) is 15.3 Å². The maximum atomic E-state index is 10.3. The maximum absolute atomic E-state index is 10.3. The molecule has 0 saturated carbocycles. The van der Waals surface area contributed by atoms with Crippen molar-refractivity contribution >= 4 is 12.8 Å². The van der Waals surface area contributed by atoms with Crippen LogP contribution in [0.15, 0.2) is 0 Å². The molecule has 6 nitrogen and oxygen atoms in total. The summed E-state index contributed by atoms with van der Waals surface area (Å²) in [6, 6.07) is 0.490. The van der Waals surface area contributed by atoms with Crippen LogP contribution >= 0.6 is 0 Å². The van der Waals surface area contributed by atoms with Crippen LogP contribution in [0.3, 0.4) is 0 Å². The lowest BCUT2D eigenvalue weighted by atomic mass is 10.2. The number of hydrogen-bond acceptors (Lipinski definition) is 6. The second kappa shape index (κ2) is 9.01. The van der Waals surface area contributed by atoms with Gasteiger partial charge in [-0.15, -0.1) is 0 Å². The molecule has 1 atom stereocenters. The van der Waals surface area contributed by atoms with Gasteiger partial charge < -0.3 is 14.8 Å². The van der Waals surface area contributed by atoms with Gasteiger partial charge in [-0.05, 0) is 27.7 Å². The SMILES string of the molecule is CC(C)(C)OC=O.C[C@@H]1CNCCN1N(C)CC=O. The Kier molecular flexibility index (Phi) is 8.54. The minimum atomic E-state index is -0.318. The highest BCUT2D eigenvalue weighted by atomic mass is 16.5. The van der Waals surface area contributed by atoms with Gasteiger partial charge >= 0.3 is 0 Å². The van der Waals surface area contributed by atoms with E-state index in [2.05, 4.69) is 22.0 Å². The summed E-state index contributed by atoms with van der Waals surface area (Å²) in [5.74, 6) is 0. The molecule has 0 aromatic heterocycles. The van der Waals surface area contributed by atoms with E-state index in [9.17, 15) is 9.59 Å². The molecule has 1 rings (SSSR count). The standard InChI is InChI=1S/C8H17N3O.C5H10O2/c1-8-7-9-3-4-11(8)10(2)5-6-12;1-5(2,3)7-4-6/h6,8-9H,3-5,7H2,1-2H3;4H,1-3H3/t8-;/m1./s1. The summed E-state index contributed by atoms with van der Waals surface area (Å²) in [5, 5.41) is 7.52. The number of carbonyl (C=O) groups is 2. The van der Waals surface area contributed by atoms with Gasteiger partial charge in [0.15, 0.2) is 0 Å². The monoisotopic (exact) mass is 273 g/mol. The number of piperazine rings is 1. The van der Waals surface area contributed by atoms with E-state index < -0.39 is 0 Å². The fourth-order valence-corrected chi connectivity index (χ4v) is 1.69. The van der Waals surface area contributed by atoms with Gasteiger partial charge in [-0.1, -0.05) is 0 Å². The Labute approximate surface area is 116 Å². The lowest BCUT2D eigenvalue weighted by Crippen LogP contribution is -2.56. The van der Waals surface area contributed by atoms with E-state index in [1.54, 1.807) is 0 Å². The Balaban J connectivity index is 0.000000399. The Morgan fingerprint density at radius 3 is 2.42 bits per heavy atom. The quantitative estimate of drug-likeness (QED) is 0.743. The molecule has 1 heterocycles. The largest absolute Gasteiger partial charge is 0.462 e. The topological polar surface area (TPSA) is 61.9 Å². The molecule has 1 saturated heterocycles. The predicted molar refractivity (Wildman–Crippen MR) is 74.6 cm³/mol. The first-order valence-electron chi connectivity index (χ1n) is 6.55. The summed E-state index contributed by atoms with van der Waals surface area (Å²) in [6.07, 6.45) is 0.939. The van der Waals surface area contributed by atoms with Gasteiger partial charge in [0.2, 0.25) is 0 Å². The van der Waals surface area contributed by atoms with E-state index in [0.29, 0.717) is 19.1 Å². The Hall–Kier alpha value is -0.980. The highest BCUT2D eigenvalue weighted by Crippen LogP contribution is 2.04. The van der Waals surface area contributed by atoms with Crippen molar-refractivity contribution in [3.8, 4) is 0 Å².